The number of hydrogen-bond donors (Lipinski definition) is 2. The molecule has 3 aromatic rings. The number of anilines is 1. The smallest absolute Gasteiger partial charge is 0.288 e. The summed E-state index contributed by atoms with van der Waals surface area (Å²) in [5.41, 5.74) is 2.36. The number of fused-ring (bicyclic) bond motifs is 1. The Bertz CT molecular complexity index is 1200. The molecule has 11 heteroatoms. The van der Waals surface area contributed by atoms with Crippen molar-refractivity contribution in [3.05, 3.63) is 86.1 Å². The van der Waals surface area contributed by atoms with E-state index in [1.807, 2.05) is 30.3 Å². The highest BCUT2D eigenvalue weighted by Gasteiger charge is 2.26. The molecule has 2 amide bonds. The maximum atomic E-state index is 12.8. The molecule has 0 aliphatic carbocycles. The summed E-state index contributed by atoms with van der Waals surface area (Å²) in [4.78, 5) is 35.8. The number of rotatable bonds is 7. The number of aromatic nitrogens is 2. The monoisotopic (exact) mass is 471 g/mol. The third kappa shape index (κ3) is 4.76. The van der Waals surface area contributed by atoms with E-state index in [1.165, 1.54) is 16.8 Å². The molecule has 0 radical (unpaired) electrons. The Hall–Kier alpha value is -3.37. The van der Waals surface area contributed by atoms with Crippen LogP contribution < -0.4 is 10.6 Å². The van der Waals surface area contributed by atoms with Gasteiger partial charge in [-0.1, -0.05) is 41.9 Å². The summed E-state index contributed by atoms with van der Waals surface area (Å²) in [5, 5.41) is 21.2. The lowest BCUT2D eigenvalue weighted by Gasteiger charge is -2.12. The Labute approximate surface area is 192 Å². The van der Waals surface area contributed by atoms with E-state index in [2.05, 4.69) is 15.7 Å². The average Bonchev–Trinajstić information content (AvgIpc) is 3.35. The zero-order valence-corrected chi connectivity index (χ0v) is 18.3. The Morgan fingerprint density at radius 2 is 1.97 bits per heavy atom. The van der Waals surface area contributed by atoms with Gasteiger partial charge in [0.2, 0.25) is 5.91 Å². The third-order valence-corrected chi connectivity index (χ3v) is 6.17. The van der Waals surface area contributed by atoms with Crippen LogP contribution in [0.1, 0.15) is 27.2 Å². The molecule has 1 aliphatic heterocycles. The average molecular weight is 472 g/mol. The lowest BCUT2D eigenvalue weighted by molar-refractivity contribution is -0.384. The molecule has 1 aromatic heterocycles. The third-order valence-electron chi connectivity index (χ3n) is 4.88. The minimum atomic E-state index is -0.644. The van der Waals surface area contributed by atoms with Crippen molar-refractivity contribution in [2.45, 2.75) is 24.6 Å². The van der Waals surface area contributed by atoms with Crippen molar-refractivity contribution in [1.82, 2.24) is 15.1 Å². The van der Waals surface area contributed by atoms with Crippen molar-refractivity contribution in [3.63, 3.8) is 0 Å². The number of nitrogens with zero attached hydrogens (tertiary/aromatic N) is 3. The van der Waals surface area contributed by atoms with Gasteiger partial charge in [0.15, 0.2) is 0 Å². The van der Waals surface area contributed by atoms with Crippen molar-refractivity contribution in [2.24, 2.45) is 0 Å². The van der Waals surface area contributed by atoms with E-state index < -0.39 is 10.8 Å². The predicted octanol–water partition coefficient (Wildman–Crippen LogP) is 3.76. The Morgan fingerprint density at radius 1 is 1.19 bits per heavy atom. The molecule has 0 spiro atoms. The summed E-state index contributed by atoms with van der Waals surface area (Å²) < 4.78 is 1.47. The van der Waals surface area contributed by atoms with E-state index in [0.29, 0.717) is 23.9 Å². The van der Waals surface area contributed by atoms with Crippen LogP contribution in [0.5, 0.6) is 0 Å². The fourth-order valence-electron chi connectivity index (χ4n) is 3.28. The fourth-order valence-corrected chi connectivity index (χ4v) is 4.50. The summed E-state index contributed by atoms with van der Waals surface area (Å²) in [6.07, 6.45) is 0. The van der Waals surface area contributed by atoms with Gasteiger partial charge in [0.05, 0.1) is 10.6 Å². The molecule has 0 atom stereocenters. The van der Waals surface area contributed by atoms with Crippen LogP contribution in [0.15, 0.2) is 48.5 Å². The van der Waals surface area contributed by atoms with Gasteiger partial charge in [0.1, 0.15) is 17.4 Å². The SMILES string of the molecule is O=C(Cn1nc2c(c1NC(=O)c1ccc(Cl)c([N+](=O)[O-])c1)CSC2)NCc1ccccc1. The van der Waals surface area contributed by atoms with Crippen molar-refractivity contribution in [2.75, 3.05) is 5.32 Å². The number of nitro benzene ring substituents is 1. The highest BCUT2D eigenvalue weighted by Crippen LogP contribution is 2.35. The second-order valence-corrected chi connectivity index (χ2v) is 8.46. The molecular formula is C21H18ClN5O4S. The van der Waals surface area contributed by atoms with Gasteiger partial charge in [-0.2, -0.15) is 16.9 Å². The summed E-state index contributed by atoms with van der Waals surface area (Å²) >= 11 is 7.49. The van der Waals surface area contributed by atoms with Crippen molar-refractivity contribution < 1.29 is 14.5 Å². The maximum Gasteiger partial charge on any atom is 0.288 e. The molecule has 0 saturated carbocycles. The van der Waals surface area contributed by atoms with Gasteiger partial charge in [-0.3, -0.25) is 19.7 Å². The molecule has 32 heavy (non-hydrogen) atoms. The molecule has 9 nitrogen and oxygen atoms in total. The Balaban J connectivity index is 1.51. The molecular weight excluding hydrogens is 454 g/mol. The van der Waals surface area contributed by atoms with Gasteiger partial charge in [-0.05, 0) is 17.7 Å². The van der Waals surface area contributed by atoms with Gasteiger partial charge < -0.3 is 10.6 Å². The van der Waals surface area contributed by atoms with E-state index >= 15 is 0 Å². The largest absolute Gasteiger partial charge is 0.350 e. The normalized spacial score (nSPS) is 12.3. The van der Waals surface area contributed by atoms with Crippen molar-refractivity contribution in [3.8, 4) is 0 Å². The first-order valence-corrected chi connectivity index (χ1v) is 11.2. The van der Waals surface area contributed by atoms with Gasteiger partial charge in [-0.15, -0.1) is 0 Å². The number of halogens is 1. The zero-order chi connectivity index (χ0) is 22.7. The van der Waals surface area contributed by atoms with E-state index in [-0.39, 0.29) is 28.7 Å². The molecule has 1 aliphatic rings. The van der Waals surface area contributed by atoms with E-state index in [4.69, 9.17) is 11.6 Å². The van der Waals surface area contributed by atoms with Crippen molar-refractivity contribution in [1.29, 1.82) is 0 Å². The van der Waals surface area contributed by atoms with Crippen LogP contribution in [0.2, 0.25) is 5.02 Å². The van der Waals surface area contributed by atoms with Gasteiger partial charge in [0, 0.05) is 35.2 Å². The van der Waals surface area contributed by atoms with Crippen LogP contribution in [0, 0.1) is 10.1 Å². The molecule has 0 saturated heterocycles. The van der Waals surface area contributed by atoms with Crippen LogP contribution in [-0.2, 0) is 29.4 Å². The minimum absolute atomic E-state index is 0.0519. The first-order valence-electron chi connectivity index (χ1n) is 9.64. The summed E-state index contributed by atoms with van der Waals surface area (Å²) in [6, 6.07) is 13.4. The number of thioether (sulfide) groups is 1. The number of nitrogens with one attached hydrogen (secondary N) is 2. The second kappa shape index (κ2) is 9.41. The minimum Gasteiger partial charge on any atom is -0.350 e. The predicted molar refractivity (Wildman–Crippen MR) is 122 cm³/mol. The van der Waals surface area contributed by atoms with E-state index in [1.54, 1.807) is 11.8 Å². The highest BCUT2D eigenvalue weighted by atomic mass is 35.5. The molecule has 2 heterocycles. The number of carbonyl (C=O) groups is 2. The number of carbonyl (C=O) groups excluding carboxylic acids is 2. The van der Waals surface area contributed by atoms with Crippen LogP contribution in [0.25, 0.3) is 0 Å². The standard InChI is InChI=1S/C21H18ClN5O4S/c22-16-7-6-14(8-18(16)27(30)31)21(29)24-20-15-11-32-12-17(15)25-26(20)10-19(28)23-9-13-4-2-1-3-5-13/h1-8H,9-12H2,(H,23,28)(H,24,29). The van der Waals surface area contributed by atoms with Crippen LogP contribution in [-0.4, -0.2) is 26.5 Å². The lowest BCUT2D eigenvalue weighted by atomic mass is 10.2. The number of nitro groups is 1. The quantitative estimate of drug-likeness (QED) is 0.400. The molecule has 0 bridgehead atoms. The molecule has 0 fully saturated rings. The number of benzene rings is 2. The van der Waals surface area contributed by atoms with Crippen LogP contribution >= 0.6 is 23.4 Å². The topological polar surface area (TPSA) is 119 Å². The maximum absolute atomic E-state index is 12.8. The summed E-state index contributed by atoms with van der Waals surface area (Å²) in [7, 11) is 0. The summed E-state index contributed by atoms with van der Waals surface area (Å²) in [6.45, 7) is 0.313. The second-order valence-electron chi connectivity index (χ2n) is 7.06. The van der Waals surface area contributed by atoms with Gasteiger partial charge in [-0.25, -0.2) is 4.68 Å². The first-order chi connectivity index (χ1) is 15.4. The molecule has 4 rings (SSSR count). The number of amides is 2. The van der Waals surface area contributed by atoms with Crippen LogP contribution in [0.4, 0.5) is 11.5 Å². The first kappa shape index (κ1) is 21.8. The van der Waals surface area contributed by atoms with Crippen LogP contribution in [0.3, 0.4) is 0 Å². The summed E-state index contributed by atoms with van der Waals surface area (Å²) in [5.74, 6) is 0.957. The fraction of sp³-hybridized carbons (Fsp3) is 0.190. The lowest BCUT2D eigenvalue weighted by Crippen LogP contribution is -2.28. The highest BCUT2D eigenvalue weighted by molar-refractivity contribution is 7.98. The van der Waals surface area contributed by atoms with Crippen molar-refractivity contribution >= 4 is 46.7 Å². The molecule has 2 N–H and O–H groups in total. The van der Waals surface area contributed by atoms with E-state index in [0.717, 1.165) is 22.9 Å². The van der Waals surface area contributed by atoms with Gasteiger partial charge in [0.25, 0.3) is 11.6 Å². The van der Waals surface area contributed by atoms with E-state index in [9.17, 15) is 19.7 Å². The molecule has 2 aromatic carbocycles. The molecule has 164 valence electrons. The Morgan fingerprint density at radius 3 is 2.72 bits per heavy atom. The number of hydrogen-bond acceptors (Lipinski definition) is 6. The Kier molecular flexibility index (Phi) is 6.42. The zero-order valence-electron chi connectivity index (χ0n) is 16.7. The molecule has 0 unspecified atom stereocenters. The van der Waals surface area contributed by atoms with Gasteiger partial charge >= 0.3 is 0 Å².